The molecular formula is C29H36N6O3. The quantitative estimate of drug-likeness (QED) is 0.513. The van der Waals surface area contributed by atoms with Crippen molar-refractivity contribution in [2.45, 2.75) is 56.3 Å². The zero-order valence-electron chi connectivity index (χ0n) is 22.0. The van der Waals surface area contributed by atoms with Crippen LogP contribution in [0, 0.1) is 5.92 Å². The van der Waals surface area contributed by atoms with Crippen molar-refractivity contribution < 1.29 is 14.3 Å². The number of nitrogens with two attached hydrogens (primary N) is 1. The van der Waals surface area contributed by atoms with Gasteiger partial charge in [0.15, 0.2) is 0 Å². The second-order valence-corrected chi connectivity index (χ2v) is 11.8. The molecule has 0 unspecified atom stereocenters. The van der Waals surface area contributed by atoms with Crippen LogP contribution in [0.3, 0.4) is 0 Å². The summed E-state index contributed by atoms with van der Waals surface area (Å²) in [6.07, 6.45) is 10.8. The first-order valence-corrected chi connectivity index (χ1v) is 13.9. The van der Waals surface area contributed by atoms with Gasteiger partial charge in [0.25, 0.3) is 0 Å². The molecule has 0 radical (unpaired) electrons. The molecule has 1 amide bonds. The van der Waals surface area contributed by atoms with E-state index in [2.05, 4.69) is 37.8 Å². The molecule has 3 aliphatic heterocycles. The molecule has 2 aromatic heterocycles. The van der Waals surface area contributed by atoms with Crippen molar-refractivity contribution in [1.82, 2.24) is 24.3 Å². The van der Waals surface area contributed by atoms with Gasteiger partial charge in [-0.3, -0.25) is 9.69 Å². The zero-order chi connectivity index (χ0) is 25.9. The lowest BCUT2D eigenvalue weighted by Crippen LogP contribution is -2.50. The highest BCUT2D eigenvalue weighted by Crippen LogP contribution is 2.45. The number of likely N-dealkylation sites (N-methyl/N-ethyl adjacent to an activating group) is 1. The molecule has 3 saturated heterocycles. The molecule has 9 heteroatoms. The van der Waals surface area contributed by atoms with Gasteiger partial charge in [0.05, 0.1) is 18.0 Å². The van der Waals surface area contributed by atoms with Gasteiger partial charge in [-0.2, -0.15) is 0 Å². The summed E-state index contributed by atoms with van der Waals surface area (Å²) < 4.78 is 14.8. The lowest BCUT2D eigenvalue weighted by molar-refractivity contribution is -0.134. The number of rotatable bonds is 7. The average molecular weight is 517 g/mol. The lowest BCUT2D eigenvalue weighted by atomic mass is 9.79. The van der Waals surface area contributed by atoms with Gasteiger partial charge in [-0.15, -0.1) is 0 Å². The van der Waals surface area contributed by atoms with Gasteiger partial charge in [-0.25, -0.2) is 9.97 Å². The second kappa shape index (κ2) is 9.24. The fourth-order valence-electron chi connectivity index (χ4n) is 6.86. The molecule has 5 heterocycles. The Labute approximate surface area is 222 Å². The molecule has 2 bridgehead atoms. The largest absolute Gasteiger partial charge is 0.491 e. The molecule has 2 N–H and O–H groups in total. The number of carbonyl (C=O) groups excluding carboxylic acids is 1. The summed E-state index contributed by atoms with van der Waals surface area (Å²) in [7, 11) is 1.89. The molecule has 1 aromatic carbocycles. The monoisotopic (exact) mass is 516 g/mol. The van der Waals surface area contributed by atoms with E-state index in [1.807, 2.05) is 24.1 Å². The first kappa shape index (κ1) is 23.9. The molecule has 1 saturated carbocycles. The number of fused-ring (bicyclic) bond motifs is 3. The minimum Gasteiger partial charge on any atom is -0.491 e. The number of ether oxygens (including phenoxy) is 2. The predicted octanol–water partition coefficient (Wildman–Crippen LogP) is 3.50. The van der Waals surface area contributed by atoms with E-state index in [-0.39, 0.29) is 11.5 Å². The van der Waals surface area contributed by atoms with Crippen LogP contribution in [0.25, 0.3) is 22.2 Å². The van der Waals surface area contributed by atoms with Crippen LogP contribution in [-0.4, -0.2) is 81.8 Å². The van der Waals surface area contributed by atoms with E-state index in [4.69, 9.17) is 15.2 Å². The molecule has 9 nitrogen and oxygen atoms in total. The van der Waals surface area contributed by atoms with Gasteiger partial charge in [-0.1, -0.05) is 12.1 Å². The molecule has 4 fully saturated rings. The molecule has 3 aromatic rings. The molecular weight excluding hydrogens is 480 g/mol. The molecule has 1 aliphatic carbocycles. The van der Waals surface area contributed by atoms with Crippen molar-refractivity contribution in [1.29, 1.82) is 0 Å². The van der Waals surface area contributed by atoms with E-state index < -0.39 is 0 Å². The molecule has 7 rings (SSSR count). The summed E-state index contributed by atoms with van der Waals surface area (Å²) in [6, 6.07) is 8.61. The number of hydrogen-bond donors (Lipinski definition) is 1. The smallest absolute Gasteiger partial charge is 0.236 e. The Morgan fingerprint density at radius 2 is 2.03 bits per heavy atom. The van der Waals surface area contributed by atoms with Crippen LogP contribution in [-0.2, 0) is 9.53 Å². The van der Waals surface area contributed by atoms with E-state index in [9.17, 15) is 4.79 Å². The summed E-state index contributed by atoms with van der Waals surface area (Å²) in [5.41, 5.74) is 9.27. The number of nitrogen functional groups attached to an aromatic ring is 1. The Kier molecular flexibility index (Phi) is 5.81. The first-order valence-electron chi connectivity index (χ1n) is 13.9. The maximum atomic E-state index is 12.1. The molecule has 4 aliphatic rings. The van der Waals surface area contributed by atoms with E-state index in [0.29, 0.717) is 37.0 Å². The van der Waals surface area contributed by atoms with E-state index in [1.165, 1.54) is 0 Å². The fourth-order valence-corrected chi connectivity index (χ4v) is 6.86. The van der Waals surface area contributed by atoms with Gasteiger partial charge in [0, 0.05) is 44.5 Å². The van der Waals surface area contributed by atoms with Gasteiger partial charge >= 0.3 is 0 Å². The van der Waals surface area contributed by atoms with Crippen molar-refractivity contribution in [3.8, 4) is 16.9 Å². The van der Waals surface area contributed by atoms with Crippen molar-refractivity contribution in [3.05, 3.63) is 36.8 Å². The van der Waals surface area contributed by atoms with Crippen LogP contribution < -0.4 is 10.5 Å². The topological polar surface area (TPSA) is 98.7 Å². The van der Waals surface area contributed by atoms with E-state index >= 15 is 0 Å². The molecule has 200 valence electrons. The maximum absolute atomic E-state index is 12.1. The number of amides is 1. The van der Waals surface area contributed by atoms with Crippen LogP contribution in [0.1, 0.15) is 44.6 Å². The highest BCUT2D eigenvalue weighted by molar-refractivity contribution is 6.00. The number of aromatic nitrogens is 3. The number of piperazine rings is 1. The normalized spacial score (nSPS) is 29.2. The Morgan fingerprint density at radius 1 is 1.18 bits per heavy atom. The van der Waals surface area contributed by atoms with Crippen LogP contribution in [0.5, 0.6) is 5.75 Å². The minimum absolute atomic E-state index is 0.104. The van der Waals surface area contributed by atoms with Crippen molar-refractivity contribution in [3.63, 3.8) is 0 Å². The predicted molar refractivity (Wildman–Crippen MR) is 145 cm³/mol. The molecule has 0 spiro atoms. The van der Waals surface area contributed by atoms with Gasteiger partial charge in [0.2, 0.25) is 5.91 Å². The highest BCUT2D eigenvalue weighted by atomic mass is 16.6. The molecule has 0 atom stereocenters. The van der Waals surface area contributed by atoms with Crippen molar-refractivity contribution in [2.75, 3.05) is 45.6 Å². The van der Waals surface area contributed by atoms with Crippen molar-refractivity contribution >= 4 is 22.8 Å². The summed E-state index contributed by atoms with van der Waals surface area (Å²) in [5, 5.41) is 0.897. The summed E-state index contributed by atoms with van der Waals surface area (Å²) in [4.78, 5) is 25.2. The Morgan fingerprint density at radius 3 is 2.79 bits per heavy atom. The maximum Gasteiger partial charge on any atom is 0.236 e. The summed E-state index contributed by atoms with van der Waals surface area (Å²) in [5.74, 6) is 2.14. The van der Waals surface area contributed by atoms with Gasteiger partial charge in [0.1, 0.15) is 35.7 Å². The third kappa shape index (κ3) is 4.22. The van der Waals surface area contributed by atoms with E-state index in [1.54, 1.807) is 6.33 Å². The number of hydrogen-bond acceptors (Lipinski definition) is 7. The van der Waals surface area contributed by atoms with Crippen LogP contribution in [0.2, 0.25) is 0 Å². The third-order valence-corrected chi connectivity index (χ3v) is 9.20. The standard InChI is InChI=1S/C29H36N6O3/c1-33-9-10-34(16-25(33)36)14-19-11-21(12-19)35-15-24(26-27(30)31-18-32-28(26)35)20-3-2-4-23(13-20)37-17-29-7-5-22(38-29)6-8-29/h2-4,13,15,18-19,21-22H,5-12,14,16-17H2,1H3,(H2,30,31,32)/t19-,21+,22?,29?. The van der Waals surface area contributed by atoms with E-state index in [0.717, 1.165) is 86.1 Å². The Hall–Kier alpha value is -3.17. The lowest BCUT2D eigenvalue weighted by Gasteiger charge is -2.41. The summed E-state index contributed by atoms with van der Waals surface area (Å²) in [6.45, 7) is 3.88. The van der Waals surface area contributed by atoms with Gasteiger partial charge in [-0.05, 0) is 62.1 Å². The number of carbonyl (C=O) groups is 1. The van der Waals surface area contributed by atoms with Gasteiger partial charge < -0.3 is 24.7 Å². The fraction of sp³-hybridized carbons (Fsp3) is 0.552. The third-order valence-electron chi connectivity index (χ3n) is 9.20. The number of nitrogens with zero attached hydrogens (tertiary/aromatic N) is 5. The van der Waals surface area contributed by atoms with Crippen molar-refractivity contribution in [2.24, 2.45) is 5.92 Å². The Balaban J connectivity index is 1.09. The van der Waals surface area contributed by atoms with Crippen LogP contribution >= 0.6 is 0 Å². The van der Waals surface area contributed by atoms with Crippen LogP contribution in [0.15, 0.2) is 36.8 Å². The summed E-state index contributed by atoms with van der Waals surface area (Å²) >= 11 is 0. The number of benzene rings is 1. The Bertz CT molecular complexity index is 1360. The second-order valence-electron chi connectivity index (χ2n) is 11.8. The highest BCUT2D eigenvalue weighted by Gasteiger charge is 2.46. The molecule has 38 heavy (non-hydrogen) atoms. The number of anilines is 1. The minimum atomic E-state index is -0.104. The average Bonchev–Trinajstić information content (AvgIpc) is 3.61. The first-order chi connectivity index (χ1) is 18.5. The van der Waals surface area contributed by atoms with Crippen LogP contribution in [0.4, 0.5) is 5.82 Å². The SMILES string of the molecule is CN1CCN(C[C@H]2C[C@@H](n3cc(-c4cccc(OCC56CCC(CC5)O6)c4)c4c(N)ncnc43)C2)CC1=O. The zero-order valence-corrected chi connectivity index (χ0v) is 22.0.